The maximum Gasteiger partial charge on any atom is 0.134 e. The van der Waals surface area contributed by atoms with Gasteiger partial charge in [0.05, 0.1) is 6.26 Å². The predicted octanol–water partition coefficient (Wildman–Crippen LogP) is 3.00. The van der Waals surface area contributed by atoms with Crippen LogP contribution in [0, 0.1) is 0 Å². The van der Waals surface area contributed by atoms with Gasteiger partial charge in [0.1, 0.15) is 5.58 Å². The number of hydrogen-bond acceptors (Lipinski definition) is 3. The zero-order chi connectivity index (χ0) is 11.7. The second-order valence-electron chi connectivity index (χ2n) is 4.85. The molecule has 2 heterocycles. The van der Waals surface area contributed by atoms with E-state index in [1.54, 1.807) is 0 Å². The predicted molar refractivity (Wildman–Crippen MR) is 69.8 cm³/mol. The highest BCUT2D eigenvalue weighted by Gasteiger charge is 2.13. The van der Waals surface area contributed by atoms with Crippen LogP contribution in [0.4, 0.5) is 5.69 Å². The lowest BCUT2D eigenvalue weighted by molar-refractivity contribution is 0.221. The Morgan fingerprint density at radius 2 is 2.00 bits per heavy atom. The molecule has 2 N–H and O–H groups in total. The van der Waals surface area contributed by atoms with Crippen molar-refractivity contribution in [2.75, 3.05) is 18.8 Å². The molecule has 1 aromatic heterocycles. The topological polar surface area (TPSA) is 42.4 Å². The standard InChI is InChI=1S/C14H18N2O/c15-12-4-5-14-13(8-12)11(10-17-14)9-16-6-2-1-3-7-16/h4-5,8,10H,1-3,6-7,9,15H2. The normalized spacial score (nSPS) is 17.6. The minimum absolute atomic E-state index is 0.804. The van der Waals surface area contributed by atoms with E-state index in [0.29, 0.717) is 0 Å². The Bertz CT molecular complexity index is 512. The Hall–Kier alpha value is -1.48. The van der Waals surface area contributed by atoms with Crippen LogP contribution >= 0.6 is 0 Å². The lowest BCUT2D eigenvalue weighted by Gasteiger charge is -2.25. The Balaban J connectivity index is 1.86. The van der Waals surface area contributed by atoms with Crippen molar-refractivity contribution in [3.8, 4) is 0 Å². The molecule has 1 saturated heterocycles. The SMILES string of the molecule is Nc1ccc2occ(CN3CCCCC3)c2c1. The van der Waals surface area contributed by atoms with Crippen LogP contribution in [0.3, 0.4) is 0 Å². The molecule has 90 valence electrons. The molecule has 2 aromatic rings. The third-order valence-electron chi connectivity index (χ3n) is 3.52. The highest BCUT2D eigenvalue weighted by atomic mass is 16.3. The van der Waals surface area contributed by atoms with Gasteiger partial charge < -0.3 is 10.2 Å². The fourth-order valence-electron chi connectivity index (χ4n) is 2.58. The summed E-state index contributed by atoms with van der Waals surface area (Å²) in [5, 5.41) is 1.16. The first-order valence-electron chi connectivity index (χ1n) is 6.31. The molecule has 3 nitrogen and oxygen atoms in total. The van der Waals surface area contributed by atoms with Gasteiger partial charge in [-0.3, -0.25) is 4.90 Å². The first-order valence-corrected chi connectivity index (χ1v) is 6.31. The molecule has 3 heteroatoms. The van der Waals surface area contributed by atoms with E-state index in [0.717, 1.165) is 23.2 Å². The summed E-state index contributed by atoms with van der Waals surface area (Å²) in [5.74, 6) is 0. The molecule has 17 heavy (non-hydrogen) atoms. The monoisotopic (exact) mass is 230 g/mol. The lowest BCUT2D eigenvalue weighted by Crippen LogP contribution is -2.28. The van der Waals surface area contributed by atoms with Crippen LogP contribution < -0.4 is 5.73 Å². The quantitative estimate of drug-likeness (QED) is 0.806. The van der Waals surface area contributed by atoms with Crippen LogP contribution in [0.25, 0.3) is 11.0 Å². The summed E-state index contributed by atoms with van der Waals surface area (Å²) >= 11 is 0. The number of piperidine rings is 1. The molecule has 1 aliphatic heterocycles. The van der Waals surface area contributed by atoms with Crippen LogP contribution in [0.15, 0.2) is 28.9 Å². The van der Waals surface area contributed by atoms with Crippen molar-refractivity contribution in [1.82, 2.24) is 4.90 Å². The number of rotatable bonds is 2. The average molecular weight is 230 g/mol. The number of hydrogen-bond donors (Lipinski definition) is 1. The second-order valence-corrected chi connectivity index (χ2v) is 4.85. The largest absolute Gasteiger partial charge is 0.464 e. The molecule has 0 amide bonds. The third kappa shape index (κ3) is 2.15. The molecule has 1 fully saturated rings. The molecule has 3 rings (SSSR count). The molecule has 0 spiro atoms. The number of nitrogens with zero attached hydrogens (tertiary/aromatic N) is 1. The van der Waals surface area contributed by atoms with E-state index in [1.807, 2.05) is 24.5 Å². The smallest absolute Gasteiger partial charge is 0.134 e. The number of likely N-dealkylation sites (tertiary alicyclic amines) is 1. The summed E-state index contributed by atoms with van der Waals surface area (Å²) in [6, 6.07) is 5.85. The minimum atomic E-state index is 0.804. The van der Waals surface area contributed by atoms with Gasteiger partial charge in [0.2, 0.25) is 0 Å². The summed E-state index contributed by atoms with van der Waals surface area (Å²) < 4.78 is 5.56. The van der Waals surface area contributed by atoms with Gasteiger partial charge in [0.25, 0.3) is 0 Å². The van der Waals surface area contributed by atoms with Gasteiger partial charge in [-0.1, -0.05) is 6.42 Å². The highest BCUT2D eigenvalue weighted by Crippen LogP contribution is 2.25. The summed E-state index contributed by atoms with van der Waals surface area (Å²) in [6.45, 7) is 3.39. The van der Waals surface area contributed by atoms with Gasteiger partial charge in [-0.2, -0.15) is 0 Å². The number of anilines is 1. The molecule has 1 aromatic carbocycles. The zero-order valence-electron chi connectivity index (χ0n) is 9.98. The lowest BCUT2D eigenvalue weighted by atomic mass is 10.1. The molecule has 1 aliphatic rings. The maximum atomic E-state index is 5.83. The van der Waals surface area contributed by atoms with Crippen molar-refractivity contribution in [3.05, 3.63) is 30.0 Å². The summed E-state index contributed by atoms with van der Waals surface area (Å²) in [5.41, 5.74) is 8.83. The number of nitrogen functional groups attached to an aromatic ring is 1. The van der Waals surface area contributed by atoms with Gasteiger partial charge in [-0.15, -0.1) is 0 Å². The number of benzene rings is 1. The summed E-state index contributed by atoms with van der Waals surface area (Å²) in [4.78, 5) is 2.50. The highest BCUT2D eigenvalue weighted by molar-refractivity contribution is 5.84. The molecule has 0 unspecified atom stereocenters. The second kappa shape index (κ2) is 4.41. The number of furan rings is 1. The fourth-order valence-corrected chi connectivity index (χ4v) is 2.58. The van der Waals surface area contributed by atoms with Gasteiger partial charge in [-0.25, -0.2) is 0 Å². The van der Waals surface area contributed by atoms with E-state index in [1.165, 1.54) is 37.9 Å². The molecule has 0 bridgehead atoms. The molecule has 0 saturated carbocycles. The number of fused-ring (bicyclic) bond motifs is 1. The van der Waals surface area contributed by atoms with E-state index in [9.17, 15) is 0 Å². The number of nitrogens with two attached hydrogens (primary N) is 1. The Labute approximate surface area is 101 Å². The van der Waals surface area contributed by atoms with Crippen LogP contribution in [0.1, 0.15) is 24.8 Å². The van der Waals surface area contributed by atoms with Crippen molar-refractivity contribution in [1.29, 1.82) is 0 Å². The van der Waals surface area contributed by atoms with Crippen LogP contribution in [-0.4, -0.2) is 18.0 Å². The zero-order valence-corrected chi connectivity index (χ0v) is 9.98. The van der Waals surface area contributed by atoms with E-state index in [2.05, 4.69) is 4.90 Å². The van der Waals surface area contributed by atoms with E-state index in [4.69, 9.17) is 10.2 Å². The summed E-state index contributed by atoms with van der Waals surface area (Å²) in [7, 11) is 0. The van der Waals surface area contributed by atoms with Crippen molar-refractivity contribution in [3.63, 3.8) is 0 Å². The van der Waals surface area contributed by atoms with E-state index < -0.39 is 0 Å². The summed E-state index contributed by atoms with van der Waals surface area (Å²) in [6.07, 6.45) is 5.88. The van der Waals surface area contributed by atoms with Crippen molar-refractivity contribution < 1.29 is 4.42 Å². The maximum absolute atomic E-state index is 5.83. The fraction of sp³-hybridized carbons (Fsp3) is 0.429. The molecule has 0 atom stereocenters. The van der Waals surface area contributed by atoms with Crippen LogP contribution in [-0.2, 0) is 6.54 Å². The van der Waals surface area contributed by atoms with Crippen molar-refractivity contribution in [2.24, 2.45) is 0 Å². The first kappa shape index (κ1) is 10.7. The molecular weight excluding hydrogens is 212 g/mol. The Morgan fingerprint density at radius 1 is 1.18 bits per heavy atom. The van der Waals surface area contributed by atoms with Crippen LogP contribution in [0.2, 0.25) is 0 Å². The van der Waals surface area contributed by atoms with Gasteiger partial charge in [-0.05, 0) is 44.1 Å². The van der Waals surface area contributed by atoms with E-state index >= 15 is 0 Å². The Morgan fingerprint density at radius 3 is 2.82 bits per heavy atom. The molecule has 0 radical (unpaired) electrons. The van der Waals surface area contributed by atoms with Gasteiger partial charge >= 0.3 is 0 Å². The first-order chi connectivity index (χ1) is 8.33. The van der Waals surface area contributed by atoms with Crippen LogP contribution in [0.5, 0.6) is 0 Å². The van der Waals surface area contributed by atoms with Gasteiger partial charge in [0.15, 0.2) is 0 Å². The minimum Gasteiger partial charge on any atom is -0.464 e. The molecular formula is C14H18N2O. The Kier molecular flexibility index (Phi) is 2.77. The third-order valence-corrected chi connectivity index (χ3v) is 3.52. The average Bonchev–Trinajstić information content (AvgIpc) is 2.73. The van der Waals surface area contributed by atoms with Gasteiger partial charge in [0, 0.05) is 23.2 Å². The van der Waals surface area contributed by atoms with E-state index in [-0.39, 0.29) is 0 Å². The van der Waals surface area contributed by atoms with Crippen molar-refractivity contribution in [2.45, 2.75) is 25.8 Å². The van der Waals surface area contributed by atoms with Crippen molar-refractivity contribution >= 4 is 16.7 Å². The molecule has 0 aliphatic carbocycles.